The van der Waals surface area contributed by atoms with Gasteiger partial charge >= 0.3 is 0 Å². The quantitative estimate of drug-likeness (QED) is 0.568. The molecule has 0 fully saturated rings. The third kappa shape index (κ3) is 2.80. The van der Waals surface area contributed by atoms with Crippen molar-refractivity contribution in [3.8, 4) is 21.1 Å². The van der Waals surface area contributed by atoms with Gasteiger partial charge < -0.3 is 0 Å². The van der Waals surface area contributed by atoms with Crippen LogP contribution in [0.1, 0.15) is 10.4 Å². The number of hydrogen-bond acceptors (Lipinski definition) is 3. The van der Waals surface area contributed by atoms with Gasteiger partial charge in [0.15, 0.2) is 0 Å². The summed E-state index contributed by atoms with van der Waals surface area (Å²) < 4.78 is 0. The fourth-order valence-electron chi connectivity index (χ4n) is 2.11. The molecule has 0 aliphatic rings. The molecule has 2 heterocycles. The van der Waals surface area contributed by atoms with Crippen molar-refractivity contribution in [2.75, 3.05) is 5.88 Å². The minimum atomic E-state index is 0.633. The topological polar surface area (TPSA) is 12.9 Å². The summed E-state index contributed by atoms with van der Waals surface area (Å²) in [7, 11) is 0. The molecule has 0 aliphatic heterocycles. The van der Waals surface area contributed by atoms with E-state index in [9.17, 15) is 0 Å². The second kappa shape index (κ2) is 6.08. The smallest absolute Gasteiger partial charge is 0.124 e. The van der Waals surface area contributed by atoms with Crippen LogP contribution in [0.2, 0.25) is 0 Å². The van der Waals surface area contributed by atoms with Crippen LogP contribution >= 0.6 is 34.3 Å². The normalized spacial score (nSPS) is 10.9. The Hall–Kier alpha value is -1.16. The number of hydrogen-bond donors (Lipinski definition) is 0. The van der Waals surface area contributed by atoms with Gasteiger partial charge in [0.05, 0.1) is 10.6 Å². The summed E-state index contributed by atoms with van der Waals surface area (Å²) in [6.07, 6.45) is 0.873. The Morgan fingerprint density at radius 1 is 1.20 bits per heavy atom. The summed E-state index contributed by atoms with van der Waals surface area (Å²) >= 11 is 9.42. The van der Waals surface area contributed by atoms with Crippen LogP contribution < -0.4 is 0 Å². The van der Waals surface area contributed by atoms with E-state index in [2.05, 4.69) is 48.7 Å². The Bertz CT molecular complexity index is 701. The van der Waals surface area contributed by atoms with Crippen LogP contribution in [0.15, 0.2) is 41.8 Å². The van der Waals surface area contributed by atoms with E-state index in [1.54, 1.807) is 22.7 Å². The lowest BCUT2D eigenvalue weighted by Crippen LogP contribution is -1.84. The fourth-order valence-corrected chi connectivity index (χ4v) is 4.29. The minimum absolute atomic E-state index is 0.633. The molecule has 0 atom stereocenters. The predicted octanol–water partition coefficient (Wildman–Crippen LogP) is 5.63. The number of aryl methyl sites for hydroxylation is 2. The van der Waals surface area contributed by atoms with Gasteiger partial charge in [0.25, 0.3) is 0 Å². The number of benzene rings is 1. The molecule has 3 aromatic rings. The summed E-state index contributed by atoms with van der Waals surface area (Å²) in [5.74, 6) is 0.633. The lowest BCUT2D eigenvalue weighted by Gasteiger charge is -1.97. The van der Waals surface area contributed by atoms with Gasteiger partial charge in [-0.25, -0.2) is 4.98 Å². The number of alkyl halides is 1. The zero-order valence-corrected chi connectivity index (χ0v) is 13.5. The van der Waals surface area contributed by atoms with E-state index in [1.807, 2.05) is 0 Å². The fraction of sp³-hybridized carbons (Fsp3) is 0.188. The van der Waals surface area contributed by atoms with Crippen LogP contribution in [0.3, 0.4) is 0 Å². The molecule has 0 N–H and O–H groups in total. The molecule has 0 saturated carbocycles. The first-order valence-electron chi connectivity index (χ1n) is 6.44. The lowest BCUT2D eigenvalue weighted by molar-refractivity contribution is 1.18. The van der Waals surface area contributed by atoms with Crippen LogP contribution in [0.4, 0.5) is 0 Å². The third-order valence-corrected chi connectivity index (χ3v) is 5.27. The molecule has 2 aromatic heterocycles. The second-order valence-corrected chi connectivity index (χ2v) is 6.99. The molecule has 0 unspecified atom stereocenters. The SMILES string of the molecule is Cc1cccc(-c2nc(-c3cccs3)c(CCCl)s2)c1. The highest BCUT2D eigenvalue weighted by Crippen LogP contribution is 2.36. The molecule has 3 rings (SSSR count). The molecule has 20 heavy (non-hydrogen) atoms. The van der Waals surface area contributed by atoms with Crippen LogP contribution in [-0.4, -0.2) is 10.9 Å². The van der Waals surface area contributed by atoms with E-state index in [1.165, 1.54) is 20.9 Å². The van der Waals surface area contributed by atoms with Crippen molar-refractivity contribution >= 4 is 34.3 Å². The molecule has 1 aromatic carbocycles. The zero-order valence-electron chi connectivity index (χ0n) is 11.1. The summed E-state index contributed by atoms with van der Waals surface area (Å²) in [5, 5.41) is 3.17. The summed E-state index contributed by atoms with van der Waals surface area (Å²) in [6.45, 7) is 2.11. The minimum Gasteiger partial charge on any atom is -0.235 e. The first-order valence-corrected chi connectivity index (χ1v) is 8.67. The first-order chi connectivity index (χ1) is 9.78. The van der Waals surface area contributed by atoms with Crippen LogP contribution in [0.25, 0.3) is 21.1 Å². The van der Waals surface area contributed by atoms with E-state index in [0.29, 0.717) is 5.88 Å². The van der Waals surface area contributed by atoms with E-state index in [-0.39, 0.29) is 0 Å². The molecule has 0 amide bonds. The van der Waals surface area contributed by atoms with Crippen molar-refractivity contribution in [1.29, 1.82) is 0 Å². The molecule has 4 heteroatoms. The van der Waals surface area contributed by atoms with E-state index < -0.39 is 0 Å². The van der Waals surface area contributed by atoms with E-state index >= 15 is 0 Å². The molecule has 0 radical (unpaired) electrons. The van der Waals surface area contributed by atoms with Crippen molar-refractivity contribution in [3.05, 3.63) is 52.2 Å². The van der Waals surface area contributed by atoms with Crippen molar-refractivity contribution in [2.24, 2.45) is 0 Å². The van der Waals surface area contributed by atoms with Crippen molar-refractivity contribution < 1.29 is 0 Å². The molecule has 102 valence electrons. The van der Waals surface area contributed by atoms with Gasteiger partial charge in [-0.3, -0.25) is 0 Å². The van der Waals surface area contributed by atoms with Crippen molar-refractivity contribution in [2.45, 2.75) is 13.3 Å². The highest BCUT2D eigenvalue weighted by molar-refractivity contribution is 7.17. The number of rotatable bonds is 4. The summed E-state index contributed by atoms with van der Waals surface area (Å²) in [6, 6.07) is 12.7. The van der Waals surface area contributed by atoms with Crippen LogP contribution in [0.5, 0.6) is 0 Å². The van der Waals surface area contributed by atoms with E-state index in [4.69, 9.17) is 16.6 Å². The van der Waals surface area contributed by atoms with Crippen molar-refractivity contribution in [3.63, 3.8) is 0 Å². The predicted molar refractivity (Wildman–Crippen MR) is 90.0 cm³/mol. The van der Waals surface area contributed by atoms with E-state index in [0.717, 1.165) is 17.1 Å². The molecule has 0 saturated heterocycles. The number of nitrogens with zero attached hydrogens (tertiary/aromatic N) is 1. The van der Waals surface area contributed by atoms with Gasteiger partial charge in [-0.05, 0) is 30.9 Å². The molecule has 0 aliphatic carbocycles. The van der Waals surface area contributed by atoms with Gasteiger partial charge in [0, 0.05) is 16.3 Å². The average Bonchev–Trinajstić information content (AvgIpc) is 3.07. The van der Waals surface area contributed by atoms with Crippen LogP contribution in [0, 0.1) is 6.92 Å². The highest BCUT2D eigenvalue weighted by atomic mass is 35.5. The Kier molecular flexibility index (Phi) is 4.20. The molecule has 1 nitrogen and oxygen atoms in total. The molecule has 0 spiro atoms. The van der Waals surface area contributed by atoms with Gasteiger partial charge in [0.2, 0.25) is 0 Å². The summed E-state index contributed by atoms with van der Waals surface area (Å²) in [5.41, 5.74) is 3.55. The van der Waals surface area contributed by atoms with Gasteiger partial charge in [-0.15, -0.1) is 34.3 Å². The maximum atomic E-state index is 5.93. The first kappa shape index (κ1) is 13.8. The molecule has 0 bridgehead atoms. The largest absolute Gasteiger partial charge is 0.235 e. The average molecular weight is 320 g/mol. The second-order valence-electron chi connectivity index (χ2n) is 4.58. The number of aromatic nitrogens is 1. The third-order valence-electron chi connectivity index (χ3n) is 3.04. The monoisotopic (exact) mass is 319 g/mol. The highest BCUT2D eigenvalue weighted by Gasteiger charge is 2.14. The van der Waals surface area contributed by atoms with Gasteiger partial charge in [-0.1, -0.05) is 29.8 Å². The Morgan fingerprint density at radius 2 is 2.10 bits per heavy atom. The maximum absolute atomic E-state index is 5.93. The van der Waals surface area contributed by atoms with Gasteiger partial charge in [0.1, 0.15) is 5.01 Å². The Balaban J connectivity index is 2.07. The number of halogens is 1. The lowest BCUT2D eigenvalue weighted by atomic mass is 10.1. The number of thiazole rings is 1. The molecular weight excluding hydrogens is 306 g/mol. The molecular formula is C16H14ClNS2. The maximum Gasteiger partial charge on any atom is 0.124 e. The Morgan fingerprint density at radius 3 is 2.80 bits per heavy atom. The number of thiophene rings is 1. The summed E-state index contributed by atoms with van der Waals surface area (Å²) in [4.78, 5) is 7.35. The Labute approximate surface area is 131 Å². The van der Waals surface area contributed by atoms with Gasteiger partial charge in [-0.2, -0.15) is 0 Å². The standard InChI is InChI=1S/C16H14ClNS2/c1-11-4-2-5-12(10-11)16-18-15(13-6-3-9-19-13)14(20-16)7-8-17/h2-6,9-10H,7-8H2,1H3. The van der Waals surface area contributed by atoms with Crippen molar-refractivity contribution in [1.82, 2.24) is 4.98 Å². The van der Waals surface area contributed by atoms with Crippen LogP contribution in [-0.2, 0) is 6.42 Å². The zero-order chi connectivity index (χ0) is 13.9.